The fourth-order valence-corrected chi connectivity index (χ4v) is 2.10. The first-order valence-electron chi connectivity index (χ1n) is 5.36. The minimum Gasteiger partial charge on any atom is -0.379 e. The normalized spacial score (nSPS) is 25.8. The molecule has 0 aromatic carbocycles. The summed E-state index contributed by atoms with van der Waals surface area (Å²) in [6.45, 7) is 1.37. The van der Waals surface area contributed by atoms with E-state index in [2.05, 4.69) is 5.32 Å². The Hall–Kier alpha value is -0.610. The molecule has 1 heterocycles. The van der Waals surface area contributed by atoms with Crippen LogP contribution in [0.1, 0.15) is 25.7 Å². The van der Waals surface area contributed by atoms with Crippen LogP contribution < -0.4 is 11.1 Å². The predicted octanol–water partition coefficient (Wildman–Crippen LogP) is 0.0205. The first-order valence-corrected chi connectivity index (χ1v) is 5.36. The molecule has 0 aromatic heterocycles. The summed E-state index contributed by atoms with van der Waals surface area (Å²) in [5.41, 5.74) is 5.19. The second kappa shape index (κ2) is 3.87. The summed E-state index contributed by atoms with van der Waals surface area (Å²) >= 11 is 0. The number of hydrogen-bond donors (Lipinski definition) is 2. The summed E-state index contributed by atoms with van der Waals surface area (Å²) in [7, 11) is 0. The van der Waals surface area contributed by atoms with Gasteiger partial charge in [0.25, 0.3) is 0 Å². The van der Waals surface area contributed by atoms with Crippen molar-refractivity contribution < 1.29 is 9.53 Å². The number of nitrogens with one attached hydrogen (secondary N) is 1. The average Bonchev–Trinajstić information content (AvgIpc) is 2.55. The lowest BCUT2D eigenvalue weighted by molar-refractivity contribution is -0.160. The highest BCUT2D eigenvalue weighted by atomic mass is 16.5. The topological polar surface area (TPSA) is 64.4 Å². The lowest BCUT2D eigenvalue weighted by atomic mass is 9.85. The number of nitrogens with two attached hydrogens (primary N) is 1. The third kappa shape index (κ3) is 1.64. The number of hydrogen-bond acceptors (Lipinski definition) is 3. The summed E-state index contributed by atoms with van der Waals surface area (Å²) < 4.78 is 5.07. The maximum absolute atomic E-state index is 11.9. The zero-order valence-corrected chi connectivity index (χ0v) is 8.42. The van der Waals surface area contributed by atoms with Crippen LogP contribution in [0.25, 0.3) is 0 Å². The molecule has 0 unspecified atom stereocenters. The molecule has 80 valence electrons. The van der Waals surface area contributed by atoms with Crippen LogP contribution in [0.2, 0.25) is 0 Å². The molecule has 1 saturated carbocycles. The number of carbonyl (C=O) groups is 1. The van der Waals surface area contributed by atoms with Crippen LogP contribution in [-0.2, 0) is 9.53 Å². The van der Waals surface area contributed by atoms with Crippen LogP contribution in [-0.4, -0.2) is 31.7 Å². The maximum atomic E-state index is 11.9. The van der Waals surface area contributed by atoms with Gasteiger partial charge in [-0.25, -0.2) is 0 Å². The van der Waals surface area contributed by atoms with Gasteiger partial charge < -0.3 is 15.8 Å². The largest absolute Gasteiger partial charge is 0.379 e. The summed E-state index contributed by atoms with van der Waals surface area (Å²) in [6, 6.07) is 0.381. The van der Waals surface area contributed by atoms with Gasteiger partial charge in [0.1, 0.15) is 5.41 Å². The first-order chi connectivity index (χ1) is 6.77. The van der Waals surface area contributed by atoms with Crippen LogP contribution >= 0.6 is 0 Å². The van der Waals surface area contributed by atoms with E-state index in [0.717, 1.165) is 12.8 Å². The quantitative estimate of drug-likeness (QED) is 0.672. The minimum absolute atomic E-state index is 0.0955. The smallest absolute Gasteiger partial charge is 0.232 e. The summed E-state index contributed by atoms with van der Waals surface area (Å²) in [5, 5.41) is 3.07. The lowest BCUT2D eigenvalue weighted by Gasteiger charge is -2.39. The number of carbonyl (C=O) groups excluding carboxylic acids is 1. The second-order valence-corrected chi connectivity index (χ2v) is 4.43. The summed E-state index contributed by atoms with van der Waals surface area (Å²) in [4.78, 5) is 11.9. The molecule has 0 bridgehead atoms. The zero-order valence-electron chi connectivity index (χ0n) is 8.42. The van der Waals surface area contributed by atoms with Crippen LogP contribution in [0, 0.1) is 5.41 Å². The minimum atomic E-state index is -0.414. The van der Waals surface area contributed by atoms with Crippen molar-refractivity contribution in [2.45, 2.75) is 31.7 Å². The van der Waals surface area contributed by atoms with E-state index < -0.39 is 5.41 Å². The van der Waals surface area contributed by atoms with E-state index in [0.29, 0.717) is 25.8 Å². The van der Waals surface area contributed by atoms with E-state index in [1.54, 1.807) is 0 Å². The molecule has 2 rings (SSSR count). The van der Waals surface area contributed by atoms with E-state index in [1.165, 1.54) is 12.8 Å². The zero-order chi connectivity index (χ0) is 10.0. The van der Waals surface area contributed by atoms with E-state index in [1.807, 2.05) is 0 Å². The molecule has 3 N–H and O–H groups in total. The van der Waals surface area contributed by atoms with Gasteiger partial charge in [-0.1, -0.05) is 12.8 Å². The monoisotopic (exact) mass is 198 g/mol. The Bertz CT molecular complexity index is 215. The molecule has 0 atom stereocenters. The molecule has 1 amide bonds. The van der Waals surface area contributed by atoms with Gasteiger partial charge >= 0.3 is 0 Å². The fourth-order valence-electron chi connectivity index (χ4n) is 2.10. The van der Waals surface area contributed by atoms with Crippen molar-refractivity contribution in [2.24, 2.45) is 11.1 Å². The lowest BCUT2D eigenvalue weighted by Crippen LogP contribution is -2.59. The first kappa shape index (κ1) is 9.93. The molecule has 1 saturated heterocycles. The van der Waals surface area contributed by atoms with Crippen molar-refractivity contribution in [2.75, 3.05) is 19.8 Å². The van der Waals surface area contributed by atoms with Crippen LogP contribution in [0.5, 0.6) is 0 Å². The van der Waals surface area contributed by atoms with Crippen molar-refractivity contribution in [3.8, 4) is 0 Å². The molecule has 1 aliphatic heterocycles. The molecular formula is C10H18N2O2. The van der Waals surface area contributed by atoms with Gasteiger partial charge in [-0.15, -0.1) is 0 Å². The molecule has 4 heteroatoms. The molecule has 1 aliphatic carbocycles. The van der Waals surface area contributed by atoms with Gasteiger partial charge in [0.15, 0.2) is 0 Å². The van der Waals surface area contributed by atoms with Gasteiger partial charge in [-0.3, -0.25) is 4.79 Å². The number of ether oxygens (including phenoxy) is 1. The van der Waals surface area contributed by atoms with Gasteiger partial charge in [0.2, 0.25) is 5.91 Å². The Morgan fingerprint density at radius 3 is 2.50 bits per heavy atom. The second-order valence-electron chi connectivity index (χ2n) is 4.43. The highest BCUT2D eigenvalue weighted by molar-refractivity contribution is 5.84. The van der Waals surface area contributed by atoms with Crippen molar-refractivity contribution in [1.82, 2.24) is 5.32 Å². The summed E-state index contributed by atoms with van der Waals surface area (Å²) in [5.74, 6) is 0.0955. The maximum Gasteiger partial charge on any atom is 0.232 e. The number of amides is 1. The van der Waals surface area contributed by atoms with E-state index in [-0.39, 0.29) is 5.91 Å². The van der Waals surface area contributed by atoms with Crippen molar-refractivity contribution in [1.29, 1.82) is 0 Å². The standard InChI is InChI=1S/C10H18N2O2/c11-5-10(6-14-7-10)9(13)12-8-3-1-2-4-8/h8H,1-7,11H2,(H,12,13). The van der Waals surface area contributed by atoms with Gasteiger partial charge in [-0.05, 0) is 12.8 Å². The Morgan fingerprint density at radius 1 is 1.43 bits per heavy atom. The van der Waals surface area contributed by atoms with Crippen LogP contribution in [0.15, 0.2) is 0 Å². The van der Waals surface area contributed by atoms with E-state index in [9.17, 15) is 4.79 Å². The molecule has 2 aliphatic rings. The molecule has 2 fully saturated rings. The van der Waals surface area contributed by atoms with Gasteiger partial charge in [0, 0.05) is 12.6 Å². The molecule has 4 nitrogen and oxygen atoms in total. The predicted molar refractivity (Wildman–Crippen MR) is 52.7 cm³/mol. The van der Waals surface area contributed by atoms with Crippen LogP contribution in [0.4, 0.5) is 0 Å². The Balaban J connectivity index is 1.87. The Morgan fingerprint density at radius 2 is 2.07 bits per heavy atom. The van der Waals surface area contributed by atoms with E-state index >= 15 is 0 Å². The highest BCUT2D eigenvalue weighted by Crippen LogP contribution is 2.27. The Kier molecular flexibility index (Phi) is 2.74. The van der Waals surface area contributed by atoms with E-state index in [4.69, 9.17) is 10.5 Å². The molecular weight excluding hydrogens is 180 g/mol. The SMILES string of the molecule is NCC1(C(=O)NC2CCCC2)COC1. The summed E-state index contributed by atoms with van der Waals surface area (Å²) in [6.07, 6.45) is 4.70. The molecule has 14 heavy (non-hydrogen) atoms. The van der Waals surface area contributed by atoms with Gasteiger partial charge in [-0.2, -0.15) is 0 Å². The Labute approximate surface area is 84.2 Å². The van der Waals surface area contributed by atoms with Crippen molar-refractivity contribution >= 4 is 5.91 Å². The number of rotatable bonds is 3. The molecule has 0 spiro atoms. The third-order valence-corrected chi connectivity index (χ3v) is 3.32. The highest BCUT2D eigenvalue weighted by Gasteiger charge is 2.45. The third-order valence-electron chi connectivity index (χ3n) is 3.32. The van der Waals surface area contributed by atoms with Crippen LogP contribution in [0.3, 0.4) is 0 Å². The van der Waals surface area contributed by atoms with Crippen molar-refractivity contribution in [3.05, 3.63) is 0 Å². The fraction of sp³-hybridized carbons (Fsp3) is 0.900. The average molecular weight is 198 g/mol. The molecule has 0 radical (unpaired) electrons. The van der Waals surface area contributed by atoms with Gasteiger partial charge in [0.05, 0.1) is 13.2 Å². The van der Waals surface area contributed by atoms with Crippen molar-refractivity contribution in [3.63, 3.8) is 0 Å². The molecule has 0 aromatic rings.